The predicted octanol–water partition coefficient (Wildman–Crippen LogP) is 12.2. The SMILES string of the molecule is Cc1ccc([O][Sn]([O]c2ccc(C)cc2C(C)(C)C)([O]c2ccc(C)cc2C(C)(C)C)[O]c2ccc(C)cc2C(C)(C)C)c(C(C)(C)C)c1. The molecule has 5 heteroatoms. The summed E-state index contributed by atoms with van der Waals surface area (Å²) >= 11 is -5.39. The summed E-state index contributed by atoms with van der Waals surface area (Å²) in [4.78, 5) is 0. The molecule has 0 heterocycles. The molecule has 0 saturated carbocycles. The molecule has 0 fully saturated rings. The summed E-state index contributed by atoms with van der Waals surface area (Å²) in [5.41, 5.74) is 8.11. The average Bonchev–Trinajstić information content (AvgIpc) is 2.95. The van der Waals surface area contributed by atoms with E-state index in [2.05, 4.69) is 184 Å². The third kappa shape index (κ3) is 9.57. The predicted molar refractivity (Wildman–Crippen MR) is 208 cm³/mol. The van der Waals surface area contributed by atoms with Crippen molar-refractivity contribution < 1.29 is 12.3 Å². The molecule has 0 bridgehead atoms. The van der Waals surface area contributed by atoms with Gasteiger partial charge in [0.05, 0.1) is 0 Å². The zero-order valence-corrected chi connectivity index (χ0v) is 35.9. The van der Waals surface area contributed by atoms with E-state index in [0.29, 0.717) is 23.0 Å². The number of hydrogen-bond acceptors (Lipinski definition) is 4. The maximum atomic E-state index is 7.36. The van der Waals surface area contributed by atoms with Gasteiger partial charge >= 0.3 is 305 Å². The van der Waals surface area contributed by atoms with Crippen molar-refractivity contribution in [2.75, 3.05) is 0 Å². The topological polar surface area (TPSA) is 36.9 Å². The van der Waals surface area contributed by atoms with Crippen LogP contribution in [-0.2, 0) is 21.7 Å². The molecule has 0 amide bonds. The van der Waals surface area contributed by atoms with Crippen molar-refractivity contribution in [3.05, 3.63) is 117 Å². The normalized spacial score (nSPS) is 12.9. The van der Waals surface area contributed by atoms with Gasteiger partial charge in [0.25, 0.3) is 0 Å². The summed E-state index contributed by atoms with van der Waals surface area (Å²) in [5, 5.41) is 0. The molecule has 264 valence electrons. The van der Waals surface area contributed by atoms with Crippen molar-refractivity contribution in [1.29, 1.82) is 0 Å². The quantitative estimate of drug-likeness (QED) is 0.167. The van der Waals surface area contributed by atoms with E-state index in [0.717, 1.165) is 44.5 Å². The second-order valence-corrected chi connectivity index (χ2v) is 23.1. The van der Waals surface area contributed by atoms with Gasteiger partial charge in [-0.15, -0.1) is 0 Å². The van der Waals surface area contributed by atoms with Crippen LogP contribution >= 0.6 is 0 Å². The number of rotatable bonds is 8. The molecule has 0 aliphatic carbocycles. The Balaban J connectivity index is 2.12. The van der Waals surface area contributed by atoms with Crippen molar-refractivity contribution in [1.82, 2.24) is 0 Å². The Labute approximate surface area is 303 Å². The van der Waals surface area contributed by atoms with Crippen molar-refractivity contribution in [2.24, 2.45) is 0 Å². The Morgan fingerprint density at radius 1 is 0.327 bits per heavy atom. The van der Waals surface area contributed by atoms with Crippen molar-refractivity contribution in [2.45, 2.75) is 132 Å². The van der Waals surface area contributed by atoms with Gasteiger partial charge in [-0.3, -0.25) is 0 Å². The van der Waals surface area contributed by atoms with Crippen LogP contribution in [0, 0.1) is 27.7 Å². The molecule has 0 unspecified atom stereocenters. The van der Waals surface area contributed by atoms with Crippen LogP contribution in [0.25, 0.3) is 0 Å². The first-order valence-electron chi connectivity index (χ1n) is 17.6. The third-order valence-electron chi connectivity index (χ3n) is 8.71. The number of hydrogen-bond donors (Lipinski definition) is 0. The van der Waals surface area contributed by atoms with E-state index >= 15 is 0 Å². The fraction of sp³-hybridized carbons (Fsp3) is 0.455. The van der Waals surface area contributed by atoms with E-state index in [1.54, 1.807) is 0 Å². The van der Waals surface area contributed by atoms with E-state index < -0.39 is 20.0 Å². The van der Waals surface area contributed by atoms with Gasteiger partial charge in [0, 0.05) is 0 Å². The minimum absolute atomic E-state index is 0.208. The fourth-order valence-electron chi connectivity index (χ4n) is 5.94. The molecule has 0 aliphatic heterocycles. The van der Waals surface area contributed by atoms with Crippen molar-refractivity contribution in [3.63, 3.8) is 0 Å². The Kier molecular flexibility index (Phi) is 11.0. The van der Waals surface area contributed by atoms with Gasteiger partial charge in [0.1, 0.15) is 0 Å². The Bertz CT molecular complexity index is 1520. The molecule has 0 spiro atoms. The van der Waals surface area contributed by atoms with Crippen LogP contribution in [0.5, 0.6) is 23.0 Å². The standard InChI is InChI=1S/4C11H16O.Sn/c4*1-8-5-6-10(12)9(7-8)11(2,3)4;/h4*5-7,12H,1-4H3;/q;;;;+4/p-4. The molecule has 49 heavy (non-hydrogen) atoms. The fourth-order valence-corrected chi connectivity index (χ4v) is 11.8. The van der Waals surface area contributed by atoms with Crippen LogP contribution in [0.4, 0.5) is 0 Å². The molecule has 4 rings (SSSR count). The van der Waals surface area contributed by atoms with Gasteiger partial charge < -0.3 is 0 Å². The summed E-state index contributed by atoms with van der Waals surface area (Å²) in [6, 6.07) is 25.4. The molecular formula is C44H60O4Sn. The van der Waals surface area contributed by atoms with Gasteiger partial charge in [-0.2, -0.15) is 0 Å². The van der Waals surface area contributed by atoms with Gasteiger partial charge in [-0.05, 0) is 0 Å². The first-order valence-corrected chi connectivity index (χ1v) is 22.2. The zero-order valence-electron chi connectivity index (χ0n) is 33.1. The van der Waals surface area contributed by atoms with Crippen LogP contribution in [0.1, 0.15) is 128 Å². The van der Waals surface area contributed by atoms with Gasteiger partial charge in [-0.1, -0.05) is 0 Å². The molecule has 0 N–H and O–H groups in total. The van der Waals surface area contributed by atoms with E-state index in [-0.39, 0.29) is 21.7 Å². The summed E-state index contributed by atoms with van der Waals surface area (Å²) in [6.45, 7) is 35.0. The summed E-state index contributed by atoms with van der Waals surface area (Å²) < 4.78 is 29.5. The average molecular weight is 772 g/mol. The zero-order chi connectivity index (χ0) is 36.7. The summed E-state index contributed by atoms with van der Waals surface area (Å²) in [5.74, 6) is 2.86. The van der Waals surface area contributed by atoms with Crippen LogP contribution in [-0.4, -0.2) is 20.0 Å². The van der Waals surface area contributed by atoms with E-state index in [1.807, 2.05) is 0 Å². The molecule has 4 aromatic rings. The summed E-state index contributed by atoms with van der Waals surface area (Å²) in [7, 11) is 0. The van der Waals surface area contributed by atoms with E-state index in [1.165, 1.54) is 0 Å². The maximum absolute atomic E-state index is 7.36. The molecular weight excluding hydrogens is 711 g/mol. The second kappa shape index (κ2) is 13.9. The molecule has 4 nitrogen and oxygen atoms in total. The van der Waals surface area contributed by atoms with Crippen LogP contribution in [0.2, 0.25) is 0 Å². The molecule has 4 aromatic carbocycles. The monoisotopic (exact) mass is 772 g/mol. The third-order valence-corrected chi connectivity index (χ3v) is 14.1. The molecule has 0 saturated heterocycles. The van der Waals surface area contributed by atoms with Crippen LogP contribution in [0.15, 0.2) is 72.8 Å². The van der Waals surface area contributed by atoms with Gasteiger partial charge in [0.2, 0.25) is 0 Å². The van der Waals surface area contributed by atoms with Gasteiger partial charge in [0.15, 0.2) is 0 Å². The van der Waals surface area contributed by atoms with Crippen LogP contribution < -0.4 is 12.3 Å². The molecule has 0 aromatic heterocycles. The first-order chi connectivity index (χ1) is 22.4. The summed E-state index contributed by atoms with van der Waals surface area (Å²) in [6.07, 6.45) is 0. The molecule has 0 aliphatic rings. The molecule has 0 radical (unpaired) electrons. The first kappa shape index (κ1) is 38.7. The Morgan fingerprint density at radius 3 is 0.673 bits per heavy atom. The number of aryl methyl sites for hydroxylation is 4. The second-order valence-electron chi connectivity index (χ2n) is 17.9. The minimum atomic E-state index is -5.39. The van der Waals surface area contributed by atoms with Crippen molar-refractivity contribution >= 4 is 20.0 Å². The Hall–Kier alpha value is -3.12. The Morgan fingerprint density at radius 2 is 0.510 bits per heavy atom. The van der Waals surface area contributed by atoms with Gasteiger partial charge in [-0.25, -0.2) is 0 Å². The van der Waals surface area contributed by atoms with Crippen molar-refractivity contribution in [3.8, 4) is 23.0 Å². The molecule has 0 atom stereocenters. The van der Waals surface area contributed by atoms with Crippen LogP contribution in [0.3, 0.4) is 0 Å². The van der Waals surface area contributed by atoms with E-state index in [9.17, 15) is 0 Å². The number of benzene rings is 4. The van der Waals surface area contributed by atoms with E-state index in [4.69, 9.17) is 12.3 Å².